The Morgan fingerprint density at radius 3 is 2.59 bits per heavy atom. The maximum atomic E-state index is 13.8. The molecule has 0 radical (unpaired) electrons. The van der Waals surface area contributed by atoms with Crippen LogP contribution in [-0.2, 0) is 27.0 Å². The number of hydrogen-bond acceptors (Lipinski definition) is 6. The summed E-state index contributed by atoms with van der Waals surface area (Å²) in [5, 5.41) is 7.04. The Morgan fingerprint density at radius 2 is 1.78 bits per heavy atom. The predicted molar refractivity (Wildman–Crippen MR) is 92.7 cm³/mol. The number of hydrogen-bond donors (Lipinski definition) is 0. The third-order valence-electron chi connectivity index (χ3n) is 5.49. The highest BCUT2D eigenvalue weighted by atomic mass is 32.2. The zero-order chi connectivity index (χ0) is 18.6. The van der Waals surface area contributed by atoms with E-state index in [0.29, 0.717) is 32.5 Å². The molecule has 7 nitrogen and oxygen atoms in total. The van der Waals surface area contributed by atoms with Gasteiger partial charge in [-0.25, -0.2) is 17.4 Å². The fourth-order valence-electron chi connectivity index (χ4n) is 4.05. The van der Waals surface area contributed by atoms with Crippen LogP contribution in [0.1, 0.15) is 24.0 Å². The van der Waals surface area contributed by atoms with E-state index in [4.69, 9.17) is 4.74 Å². The number of fused-ring (bicyclic) bond motifs is 3. The summed E-state index contributed by atoms with van der Waals surface area (Å²) in [5.74, 6) is -0.668. The largest absolute Gasteiger partial charge is 0.365 e. The van der Waals surface area contributed by atoms with Crippen molar-refractivity contribution in [2.45, 2.75) is 29.9 Å². The first-order valence-electron chi connectivity index (χ1n) is 8.65. The molecular weight excluding hydrogens is 373 g/mol. The average Bonchev–Trinajstić information content (AvgIpc) is 3.29. The molecule has 0 saturated carbocycles. The quantitative estimate of drug-likeness (QED) is 0.670. The van der Waals surface area contributed by atoms with Gasteiger partial charge in [-0.15, -0.1) is 0 Å². The summed E-state index contributed by atoms with van der Waals surface area (Å²) in [7, 11) is -3.85. The molecule has 1 saturated heterocycles. The minimum Gasteiger partial charge on any atom is -0.365 e. The highest BCUT2D eigenvalue weighted by Crippen LogP contribution is 2.44. The van der Waals surface area contributed by atoms with Crippen LogP contribution in [0.2, 0.25) is 0 Å². The minimum atomic E-state index is -3.85. The molecule has 2 aromatic carbocycles. The third-order valence-corrected chi connectivity index (χ3v) is 7.42. The van der Waals surface area contributed by atoms with Crippen LogP contribution >= 0.6 is 0 Å². The average molecular weight is 389 g/mol. The topological polar surface area (TPSA) is 85.5 Å². The van der Waals surface area contributed by atoms with Crippen molar-refractivity contribution >= 4 is 21.1 Å². The van der Waals surface area contributed by atoms with E-state index in [1.807, 2.05) is 18.2 Å². The van der Waals surface area contributed by atoms with Crippen LogP contribution in [0, 0.1) is 5.82 Å². The molecule has 0 amide bonds. The number of nitrogens with zero attached hydrogens (tertiary/aromatic N) is 3. The highest BCUT2D eigenvalue weighted by Gasteiger charge is 2.45. The van der Waals surface area contributed by atoms with Gasteiger partial charge in [0.15, 0.2) is 16.9 Å². The van der Waals surface area contributed by atoms with Gasteiger partial charge in [0.1, 0.15) is 4.90 Å². The van der Waals surface area contributed by atoms with Crippen molar-refractivity contribution in [3.05, 3.63) is 53.3 Å². The van der Waals surface area contributed by atoms with Gasteiger partial charge in [0.25, 0.3) is 0 Å². The van der Waals surface area contributed by atoms with E-state index in [1.165, 1.54) is 10.4 Å². The summed E-state index contributed by atoms with van der Waals surface area (Å²) in [5.41, 5.74) is 1.60. The van der Waals surface area contributed by atoms with Crippen LogP contribution in [0.4, 0.5) is 4.39 Å². The first-order chi connectivity index (χ1) is 13.0. The lowest BCUT2D eigenvalue weighted by molar-refractivity contribution is -0.0688. The van der Waals surface area contributed by atoms with E-state index in [1.54, 1.807) is 0 Å². The molecule has 0 bridgehead atoms. The maximum Gasteiger partial charge on any atom is 0.245 e. The number of rotatable bonds is 2. The molecule has 0 unspecified atom stereocenters. The summed E-state index contributed by atoms with van der Waals surface area (Å²) in [6, 6.07) is 10.3. The SMILES string of the molecule is O=S(=O)(c1ccc(F)c2nonc12)N1CCC2(CC1)OCc1ccccc12. The summed E-state index contributed by atoms with van der Waals surface area (Å²) in [6.07, 6.45) is 1.12. The molecule has 140 valence electrons. The highest BCUT2D eigenvalue weighted by molar-refractivity contribution is 7.89. The Hall–Kier alpha value is -2.36. The van der Waals surface area contributed by atoms with Gasteiger partial charge in [-0.2, -0.15) is 4.31 Å². The van der Waals surface area contributed by atoms with Gasteiger partial charge in [-0.1, -0.05) is 24.3 Å². The van der Waals surface area contributed by atoms with Gasteiger partial charge >= 0.3 is 0 Å². The molecule has 2 aliphatic heterocycles. The molecule has 5 rings (SSSR count). The lowest BCUT2D eigenvalue weighted by Gasteiger charge is -2.38. The number of benzene rings is 2. The van der Waals surface area contributed by atoms with E-state index in [2.05, 4.69) is 21.0 Å². The molecule has 1 aromatic heterocycles. The molecule has 27 heavy (non-hydrogen) atoms. The molecule has 2 aliphatic rings. The molecule has 1 spiro atoms. The van der Waals surface area contributed by atoms with Gasteiger partial charge in [-0.3, -0.25) is 0 Å². The van der Waals surface area contributed by atoms with E-state index in [0.717, 1.165) is 17.2 Å². The Labute approximate surface area is 154 Å². The zero-order valence-electron chi connectivity index (χ0n) is 14.3. The minimum absolute atomic E-state index is 0.0854. The Bertz CT molecular complexity index is 1140. The molecule has 0 atom stereocenters. The van der Waals surface area contributed by atoms with E-state index >= 15 is 0 Å². The maximum absolute atomic E-state index is 13.8. The van der Waals surface area contributed by atoms with E-state index in [9.17, 15) is 12.8 Å². The van der Waals surface area contributed by atoms with Crippen molar-refractivity contribution in [2.75, 3.05) is 13.1 Å². The number of sulfonamides is 1. The van der Waals surface area contributed by atoms with Crippen molar-refractivity contribution in [1.82, 2.24) is 14.6 Å². The van der Waals surface area contributed by atoms with Crippen molar-refractivity contribution < 1.29 is 22.2 Å². The lowest BCUT2D eigenvalue weighted by atomic mass is 9.84. The second-order valence-corrected chi connectivity index (χ2v) is 8.76. The number of ether oxygens (including phenoxy) is 1. The molecule has 3 heterocycles. The number of halogens is 1. The van der Waals surface area contributed by atoms with Crippen LogP contribution in [0.25, 0.3) is 11.0 Å². The zero-order valence-corrected chi connectivity index (χ0v) is 15.1. The van der Waals surface area contributed by atoms with Crippen LogP contribution in [0.5, 0.6) is 0 Å². The fraction of sp³-hybridized carbons (Fsp3) is 0.333. The standard InChI is InChI=1S/C18H16FN3O4S/c19-14-5-6-15(17-16(14)20-26-21-17)27(23,24)22-9-7-18(8-10-22)13-4-2-1-3-12(13)11-25-18/h1-6H,7-11H2. The smallest absolute Gasteiger partial charge is 0.245 e. The molecule has 1 fully saturated rings. The second-order valence-electron chi connectivity index (χ2n) is 6.85. The summed E-state index contributed by atoms with van der Waals surface area (Å²) in [4.78, 5) is -0.0937. The third kappa shape index (κ3) is 2.42. The monoisotopic (exact) mass is 389 g/mol. The molecule has 9 heteroatoms. The summed E-state index contributed by atoms with van der Waals surface area (Å²) < 4.78 is 52.0. The van der Waals surface area contributed by atoms with Gasteiger partial charge < -0.3 is 4.74 Å². The second kappa shape index (κ2) is 5.82. The van der Waals surface area contributed by atoms with Crippen molar-refractivity contribution in [1.29, 1.82) is 0 Å². The van der Waals surface area contributed by atoms with E-state index in [-0.39, 0.29) is 15.9 Å². The fourth-order valence-corrected chi connectivity index (χ4v) is 5.61. The lowest BCUT2D eigenvalue weighted by Crippen LogP contribution is -2.45. The first kappa shape index (κ1) is 16.8. The molecule has 0 aliphatic carbocycles. The van der Waals surface area contributed by atoms with Crippen LogP contribution < -0.4 is 0 Å². The van der Waals surface area contributed by atoms with Crippen LogP contribution in [-0.4, -0.2) is 36.1 Å². The molecule has 3 aromatic rings. The normalized spacial score (nSPS) is 19.6. The predicted octanol–water partition coefficient (Wildman–Crippen LogP) is 2.57. The van der Waals surface area contributed by atoms with Crippen LogP contribution in [0.3, 0.4) is 0 Å². The first-order valence-corrected chi connectivity index (χ1v) is 10.1. The Balaban J connectivity index is 1.45. The van der Waals surface area contributed by atoms with Crippen molar-refractivity contribution in [2.24, 2.45) is 0 Å². The van der Waals surface area contributed by atoms with Crippen molar-refractivity contribution in [3.8, 4) is 0 Å². The Morgan fingerprint density at radius 1 is 1.04 bits per heavy atom. The summed E-state index contributed by atoms with van der Waals surface area (Å²) in [6.45, 7) is 1.16. The molecular formula is C18H16FN3O4S. The van der Waals surface area contributed by atoms with Gasteiger partial charge in [0.05, 0.1) is 12.2 Å². The van der Waals surface area contributed by atoms with E-state index < -0.39 is 21.4 Å². The van der Waals surface area contributed by atoms with Crippen LogP contribution in [0.15, 0.2) is 45.9 Å². The summed E-state index contributed by atoms with van der Waals surface area (Å²) >= 11 is 0. The van der Waals surface area contributed by atoms with Gasteiger partial charge in [0.2, 0.25) is 10.0 Å². The van der Waals surface area contributed by atoms with Gasteiger partial charge in [-0.05, 0) is 46.4 Å². The van der Waals surface area contributed by atoms with Gasteiger partial charge in [0, 0.05) is 13.1 Å². The van der Waals surface area contributed by atoms with Crippen molar-refractivity contribution in [3.63, 3.8) is 0 Å². The Kier molecular flexibility index (Phi) is 3.62. The number of piperidine rings is 1. The molecule has 0 N–H and O–H groups in total. The number of aromatic nitrogens is 2.